The van der Waals surface area contributed by atoms with Gasteiger partial charge in [0.2, 0.25) is 0 Å². The van der Waals surface area contributed by atoms with Crippen LogP contribution in [0.1, 0.15) is 20.7 Å². The van der Waals surface area contributed by atoms with Gasteiger partial charge in [0, 0.05) is 29.8 Å². The lowest BCUT2D eigenvalue weighted by Gasteiger charge is -2.07. The van der Waals surface area contributed by atoms with Gasteiger partial charge >= 0.3 is 5.97 Å². The molecule has 30 heavy (non-hydrogen) atoms. The molecule has 0 aliphatic carbocycles. The lowest BCUT2D eigenvalue weighted by atomic mass is 10.1. The molecule has 0 aliphatic rings. The zero-order valence-corrected chi connectivity index (χ0v) is 16.1. The Morgan fingerprint density at radius 2 is 1.83 bits per heavy atom. The molecule has 148 valence electrons. The molecule has 0 spiro atoms. The van der Waals surface area contributed by atoms with Gasteiger partial charge in [0.05, 0.1) is 23.9 Å². The fourth-order valence-electron chi connectivity index (χ4n) is 3.01. The molecule has 0 saturated heterocycles. The van der Waals surface area contributed by atoms with Crippen LogP contribution in [0.5, 0.6) is 0 Å². The fraction of sp³-hybridized carbons (Fsp3) is 0.0435. The summed E-state index contributed by atoms with van der Waals surface area (Å²) >= 11 is 0. The van der Waals surface area contributed by atoms with E-state index >= 15 is 0 Å². The minimum Gasteiger partial charge on any atom is -0.465 e. The molecule has 0 bridgehead atoms. The van der Waals surface area contributed by atoms with E-state index in [4.69, 9.17) is 4.74 Å². The number of methoxy groups -OCH3 is 1. The minimum absolute atomic E-state index is 0.349. The fourth-order valence-corrected chi connectivity index (χ4v) is 3.01. The zero-order valence-electron chi connectivity index (χ0n) is 16.1. The normalized spacial score (nSPS) is 10.4. The third-order valence-corrected chi connectivity index (χ3v) is 4.46. The van der Waals surface area contributed by atoms with Crippen LogP contribution in [0.25, 0.3) is 16.9 Å². The summed E-state index contributed by atoms with van der Waals surface area (Å²) in [7, 11) is 1.31. The molecule has 1 N–H and O–H groups in total. The van der Waals surface area contributed by atoms with Gasteiger partial charge in [-0.05, 0) is 42.5 Å². The number of para-hydroxylation sites is 1. The number of pyridine rings is 1. The summed E-state index contributed by atoms with van der Waals surface area (Å²) in [5, 5.41) is 7.45. The zero-order chi connectivity index (χ0) is 20.9. The Kier molecular flexibility index (Phi) is 5.34. The van der Waals surface area contributed by atoms with Crippen molar-refractivity contribution in [2.45, 2.75) is 0 Å². The van der Waals surface area contributed by atoms with Gasteiger partial charge in [-0.3, -0.25) is 9.78 Å². The van der Waals surface area contributed by atoms with Crippen LogP contribution >= 0.6 is 0 Å². The molecule has 2 aromatic carbocycles. The van der Waals surface area contributed by atoms with Crippen LogP contribution in [0.4, 0.5) is 5.69 Å². The van der Waals surface area contributed by atoms with Gasteiger partial charge in [-0.25, -0.2) is 9.48 Å². The maximum Gasteiger partial charge on any atom is 0.337 e. The smallest absolute Gasteiger partial charge is 0.337 e. The number of amides is 1. The number of ether oxygens (including phenoxy) is 1. The first-order valence-corrected chi connectivity index (χ1v) is 9.21. The average Bonchev–Trinajstić information content (AvgIpc) is 3.26. The van der Waals surface area contributed by atoms with Crippen molar-refractivity contribution in [3.05, 3.63) is 96.4 Å². The average molecular weight is 398 g/mol. The van der Waals surface area contributed by atoms with Gasteiger partial charge in [0.15, 0.2) is 0 Å². The number of rotatable bonds is 5. The predicted octanol–water partition coefficient (Wildman–Crippen LogP) is 3.97. The molecule has 0 fully saturated rings. The number of nitrogens with one attached hydrogen (secondary N) is 1. The van der Waals surface area contributed by atoms with Gasteiger partial charge in [0.25, 0.3) is 5.91 Å². The standard InChI is InChI=1S/C23H18N4O3/c1-30-23(29)16-7-5-9-18(13-16)25-22(28)20-15-27(19-10-3-2-4-11-19)26-21(20)17-8-6-12-24-14-17/h2-15H,1H3,(H,25,28). The van der Waals surface area contributed by atoms with Crippen LogP contribution in [0, 0.1) is 0 Å². The number of esters is 1. The number of aromatic nitrogens is 3. The summed E-state index contributed by atoms with van der Waals surface area (Å²) in [6, 6.07) is 19.7. The Hall–Kier alpha value is -4.26. The number of hydrogen-bond donors (Lipinski definition) is 1. The molecular formula is C23H18N4O3. The van der Waals surface area contributed by atoms with E-state index in [1.807, 2.05) is 36.4 Å². The van der Waals surface area contributed by atoms with E-state index in [0.29, 0.717) is 22.5 Å². The molecule has 4 rings (SSSR count). The molecule has 7 nitrogen and oxygen atoms in total. The van der Waals surface area contributed by atoms with Crippen molar-refractivity contribution in [2.75, 3.05) is 12.4 Å². The second-order valence-electron chi connectivity index (χ2n) is 6.44. The Labute approximate surface area is 173 Å². The monoisotopic (exact) mass is 398 g/mol. The van der Waals surface area contributed by atoms with Crippen LogP contribution in [0.3, 0.4) is 0 Å². The van der Waals surface area contributed by atoms with Crippen molar-refractivity contribution >= 4 is 17.6 Å². The Morgan fingerprint density at radius 3 is 2.57 bits per heavy atom. The molecule has 0 saturated carbocycles. The van der Waals surface area contributed by atoms with Gasteiger partial charge in [0.1, 0.15) is 5.69 Å². The topological polar surface area (TPSA) is 86.1 Å². The summed E-state index contributed by atoms with van der Waals surface area (Å²) in [6.07, 6.45) is 5.00. The maximum absolute atomic E-state index is 13.1. The molecule has 0 aliphatic heterocycles. The van der Waals surface area contributed by atoms with Gasteiger partial charge in [-0.1, -0.05) is 24.3 Å². The first kappa shape index (κ1) is 19.1. The highest BCUT2D eigenvalue weighted by Gasteiger charge is 2.19. The van der Waals surface area contributed by atoms with Gasteiger partial charge in [-0.15, -0.1) is 0 Å². The lowest BCUT2D eigenvalue weighted by Crippen LogP contribution is -2.13. The second kappa shape index (κ2) is 8.40. The number of anilines is 1. The van der Waals surface area contributed by atoms with Crippen molar-refractivity contribution in [3.8, 4) is 16.9 Å². The largest absolute Gasteiger partial charge is 0.465 e. The summed E-state index contributed by atoms with van der Waals surface area (Å²) in [6.45, 7) is 0. The highest BCUT2D eigenvalue weighted by molar-refractivity contribution is 6.08. The van der Waals surface area contributed by atoms with Crippen LogP contribution < -0.4 is 5.32 Å². The SMILES string of the molecule is COC(=O)c1cccc(NC(=O)c2cn(-c3ccccc3)nc2-c2cccnc2)c1. The van der Waals surface area contributed by atoms with Crippen molar-refractivity contribution < 1.29 is 14.3 Å². The van der Waals surface area contributed by atoms with Crippen molar-refractivity contribution in [1.82, 2.24) is 14.8 Å². The molecule has 0 radical (unpaired) electrons. The third kappa shape index (κ3) is 3.95. The molecule has 2 heterocycles. The van der Waals surface area contributed by atoms with E-state index in [0.717, 1.165) is 11.3 Å². The van der Waals surface area contributed by atoms with Crippen LogP contribution in [0.2, 0.25) is 0 Å². The van der Waals surface area contributed by atoms with E-state index in [2.05, 4.69) is 15.4 Å². The summed E-state index contributed by atoms with van der Waals surface area (Å²) in [5.74, 6) is -0.822. The van der Waals surface area contributed by atoms with Crippen LogP contribution in [0.15, 0.2) is 85.3 Å². The van der Waals surface area contributed by atoms with Gasteiger partial charge in [-0.2, -0.15) is 5.10 Å². The molecular weight excluding hydrogens is 380 g/mol. The first-order chi connectivity index (χ1) is 14.7. The minimum atomic E-state index is -0.473. The molecule has 1 amide bonds. The van der Waals surface area contributed by atoms with E-state index in [1.165, 1.54) is 7.11 Å². The number of carbonyl (C=O) groups is 2. The molecule has 7 heteroatoms. The number of benzene rings is 2. The van der Waals surface area contributed by atoms with Crippen molar-refractivity contribution in [1.29, 1.82) is 0 Å². The summed E-state index contributed by atoms with van der Waals surface area (Å²) in [5.41, 5.74) is 3.27. The highest BCUT2D eigenvalue weighted by Crippen LogP contribution is 2.24. The molecule has 2 aromatic heterocycles. The van der Waals surface area contributed by atoms with Crippen molar-refractivity contribution in [2.24, 2.45) is 0 Å². The summed E-state index contributed by atoms with van der Waals surface area (Å²) in [4.78, 5) is 29.0. The number of carbonyl (C=O) groups excluding carboxylic acids is 2. The Bertz CT molecular complexity index is 1190. The van der Waals surface area contributed by atoms with E-state index < -0.39 is 5.97 Å². The van der Waals surface area contributed by atoms with E-state index in [-0.39, 0.29) is 5.91 Å². The van der Waals surface area contributed by atoms with Gasteiger partial charge < -0.3 is 10.1 Å². The van der Waals surface area contributed by atoms with E-state index in [1.54, 1.807) is 53.6 Å². The molecule has 4 aromatic rings. The molecule has 0 atom stereocenters. The predicted molar refractivity (Wildman–Crippen MR) is 113 cm³/mol. The maximum atomic E-state index is 13.1. The van der Waals surface area contributed by atoms with Crippen LogP contribution in [-0.4, -0.2) is 33.8 Å². The Balaban J connectivity index is 1.71. The van der Waals surface area contributed by atoms with Crippen molar-refractivity contribution in [3.63, 3.8) is 0 Å². The Morgan fingerprint density at radius 1 is 1.00 bits per heavy atom. The third-order valence-electron chi connectivity index (χ3n) is 4.46. The first-order valence-electron chi connectivity index (χ1n) is 9.21. The quantitative estimate of drug-likeness (QED) is 0.514. The van der Waals surface area contributed by atoms with Crippen LogP contribution in [-0.2, 0) is 4.74 Å². The second-order valence-corrected chi connectivity index (χ2v) is 6.44. The van der Waals surface area contributed by atoms with E-state index in [9.17, 15) is 9.59 Å². The highest BCUT2D eigenvalue weighted by atomic mass is 16.5. The molecule has 0 unspecified atom stereocenters. The number of hydrogen-bond acceptors (Lipinski definition) is 5. The summed E-state index contributed by atoms with van der Waals surface area (Å²) < 4.78 is 6.39. The lowest BCUT2D eigenvalue weighted by molar-refractivity contribution is 0.0600. The number of nitrogens with zero attached hydrogens (tertiary/aromatic N) is 3.